The van der Waals surface area contributed by atoms with Gasteiger partial charge in [0.05, 0.1) is 19.3 Å². The number of anilines is 1. The van der Waals surface area contributed by atoms with Crippen molar-refractivity contribution in [3.8, 4) is 6.07 Å². The van der Waals surface area contributed by atoms with Crippen LogP contribution in [0.5, 0.6) is 0 Å². The highest BCUT2D eigenvalue weighted by Gasteiger charge is 2.40. The first-order valence-electron chi connectivity index (χ1n) is 11.6. The summed E-state index contributed by atoms with van der Waals surface area (Å²) in [5.74, 6) is 0.424. The molecular weight excluding hydrogens is 463 g/mol. The predicted molar refractivity (Wildman–Crippen MR) is 123 cm³/mol. The molecule has 0 aromatic carbocycles. The van der Waals surface area contributed by atoms with Gasteiger partial charge in [-0.25, -0.2) is 4.98 Å². The Labute approximate surface area is 201 Å². The molecule has 35 heavy (non-hydrogen) atoms. The minimum absolute atomic E-state index is 0.0886. The molecule has 5 rings (SSSR count). The maximum atomic E-state index is 13.1. The molecule has 1 aliphatic heterocycles. The van der Waals surface area contributed by atoms with Gasteiger partial charge in [0, 0.05) is 37.2 Å². The summed E-state index contributed by atoms with van der Waals surface area (Å²) in [7, 11) is 0. The molecule has 0 spiro atoms. The summed E-state index contributed by atoms with van der Waals surface area (Å²) in [4.78, 5) is 5.83. The highest BCUT2D eigenvalue weighted by Crippen LogP contribution is 2.34. The van der Waals surface area contributed by atoms with E-state index in [1.807, 2.05) is 6.07 Å². The van der Waals surface area contributed by atoms with Gasteiger partial charge in [-0.15, -0.1) is 0 Å². The summed E-state index contributed by atoms with van der Waals surface area (Å²) in [6, 6.07) is 5.00. The van der Waals surface area contributed by atoms with Gasteiger partial charge in [0.15, 0.2) is 11.3 Å². The van der Waals surface area contributed by atoms with E-state index in [9.17, 15) is 13.2 Å². The Balaban J connectivity index is 0.000000253. The van der Waals surface area contributed by atoms with Crippen LogP contribution in [0, 0.1) is 18.3 Å². The highest BCUT2D eigenvalue weighted by atomic mass is 19.4. The number of hydrogen-bond donors (Lipinski definition) is 2. The quantitative estimate of drug-likeness (QED) is 0.567. The molecule has 3 aromatic rings. The van der Waals surface area contributed by atoms with E-state index in [2.05, 4.69) is 20.3 Å². The van der Waals surface area contributed by atoms with Crippen LogP contribution in [0.1, 0.15) is 55.5 Å². The Morgan fingerprint density at radius 1 is 1.20 bits per heavy atom. The van der Waals surface area contributed by atoms with Crippen LogP contribution >= 0.6 is 0 Å². The average Bonchev–Trinajstić information content (AvgIpc) is 3.51. The molecule has 2 aliphatic rings. The van der Waals surface area contributed by atoms with Crippen LogP contribution in [0.25, 0.3) is 5.65 Å². The number of aliphatic hydroxyl groups is 1. The smallest absolute Gasteiger partial charge is 0.394 e. The molecule has 1 saturated heterocycles. The fourth-order valence-electron chi connectivity index (χ4n) is 3.87. The Hall–Kier alpha value is -3.17. The van der Waals surface area contributed by atoms with Crippen molar-refractivity contribution in [1.29, 1.82) is 5.26 Å². The number of rotatable bonds is 4. The molecule has 12 heteroatoms. The lowest BCUT2D eigenvalue weighted by Gasteiger charge is -2.40. The van der Waals surface area contributed by atoms with Gasteiger partial charge in [-0.3, -0.25) is 5.10 Å². The van der Waals surface area contributed by atoms with Crippen molar-refractivity contribution in [3.63, 3.8) is 0 Å². The summed E-state index contributed by atoms with van der Waals surface area (Å²) < 4.78 is 45.7. The van der Waals surface area contributed by atoms with E-state index in [1.54, 1.807) is 36.4 Å². The molecule has 1 aliphatic carbocycles. The maximum absolute atomic E-state index is 13.1. The molecule has 0 radical (unpaired) electrons. The number of nitrogens with one attached hydrogen (secondary N) is 1. The van der Waals surface area contributed by atoms with E-state index >= 15 is 0 Å². The molecule has 1 saturated carbocycles. The van der Waals surface area contributed by atoms with E-state index in [1.165, 1.54) is 38.5 Å². The molecule has 0 amide bonds. The molecule has 190 valence electrons. The van der Waals surface area contributed by atoms with Crippen molar-refractivity contribution in [2.75, 3.05) is 31.2 Å². The zero-order chi connectivity index (χ0) is 25.3. The van der Waals surface area contributed by atoms with Crippen LogP contribution in [0.2, 0.25) is 0 Å². The highest BCUT2D eigenvalue weighted by molar-refractivity contribution is 5.63. The van der Waals surface area contributed by atoms with Crippen LogP contribution in [-0.2, 0) is 10.9 Å². The number of nitrogens with zero attached hydrogens (tertiary/aromatic N) is 6. The molecule has 0 atom stereocenters. The predicted octanol–water partition coefficient (Wildman–Crippen LogP) is 3.88. The second-order valence-electron chi connectivity index (χ2n) is 8.33. The van der Waals surface area contributed by atoms with E-state index < -0.39 is 17.4 Å². The molecule has 0 unspecified atom stereocenters. The van der Waals surface area contributed by atoms with E-state index in [-0.39, 0.29) is 25.0 Å². The first-order valence-corrected chi connectivity index (χ1v) is 11.6. The number of nitriles is 1. The van der Waals surface area contributed by atoms with Gasteiger partial charge in [0.2, 0.25) is 0 Å². The van der Waals surface area contributed by atoms with Gasteiger partial charge in [0.1, 0.15) is 17.5 Å². The molecule has 9 nitrogen and oxygen atoms in total. The summed E-state index contributed by atoms with van der Waals surface area (Å²) in [5.41, 5.74) is -1.44. The fourth-order valence-corrected chi connectivity index (χ4v) is 3.87. The number of ether oxygens (including phenoxy) is 1. The zero-order valence-electron chi connectivity index (χ0n) is 19.6. The number of alkyl halides is 3. The van der Waals surface area contributed by atoms with E-state index in [0.717, 1.165) is 4.52 Å². The Kier molecular flexibility index (Phi) is 9.45. The Morgan fingerprint density at radius 2 is 1.86 bits per heavy atom. The number of halogens is 3. The zero-order valence-corrected chi connectivity index (χ0v) is 19.6. The number of aliphatic hydroxyl groups excluding tert-OH is 1. The summed E-state index contributed by atoms with van der Waals surface area (Å²) >= 11 is 0. The molecule has 2 N–H and O–H groups in total. The minimum atomic E-state index is -4.73. The van der Waals surface area contributed by atoms with Crippen molar-refractivity contribution in [2.24, 2.45) is 0 Å². The van der Waals surface area contributed by atoms with Gasteiger partial charge in [-0.05, 0) is 13.0 Å². The number of aryl methyl sites for hydroxylation is 1. The van der Waals surface area contributed by atoms with E-state index in [0.29, 0.717) is 24.6 Å². The Bertz CT molecular complexity index is 1050. The van der Waals surface area contributed by atoms with Crippen LogP contribution < -0.4 is 4.90 Å². The Morgan fingerprint density at radius 3 is 2.31 bits per heavy atom. The average molecular weight is 494 g/mol. The number of aromatic amines is 1. The number of hydrogen-bond acceptors (Lipinski definition) is 7. The van der Waals surface area contributed by atoms with Gasteiger partial charge in [0.25, 0.3) is 0 Å². The number of aromatic nitrogens is 5. The first kappa shape index (κ1) is 26.4. The van der Waals surface area contributed by atoms with Gasteiger partial charge < -0.3 is 14.7 Å². The topological polar surface area (TPSA) is 115 Å². The maximum Gasteiger partial charge on any atom is 0.436 e. The fraction of sp³-hybridized carbons (Fsp3) is 0.565. The van der Waals surface area contributed by atoms with Gasteiger partial charge in [-0.1, -0.05) is 38.5 Å². The lowest BCUT2D eigenvalue weighted by Crippen LogP contribution is -2.53. The third kappa shape index (κ3) is 7.16. The number of H-pyrrole nitrogens is 1. The number of fused-ring (bicyclic) bond motifs is 1. The molecule has 0 bridgehead atoms. The van der Waals surface area contributed by atoms with Crippen LogP contribution in [0.3, 0.4) is 0 Å². The molecule has 4 heterocycles. The summed E-state index contributed by atoms with van der Waals surface area (Å²) in [5, 5.41) is 27.6. The van der Waals surface area contributed by atoms with Crippen molar-refractivity contribution in [1.82, 2.24) is 24.8 Å². The first-order chi connectivity index (χ1) is 16.8. The lowest BCUT2D eigenvalue weighted by molar-refractivity contribution is -0.141. The normalized spacial score (nSPS) is 15.9. The summed E-state index contributed by atoms with van der Waals surface area (Å²) in [6.45, 7) is 2.68. The van der Waals surface area contributed by atoms with Crippen molar-refractivity contribution >= 4 is 11.5 Å². The monoisotopic (exact) mass is 493 g/mol. The van der Waals surface area contributed by atoms with Gasteiger partial charge >= 0.3 is 6.18 Å². The van der Waals surface area contributed by atoms with Crippen LogP contribution in [-0.4, -0.2) is 62.3 Å². The molecule has 2 fully saturated rings. The van der Waals surface area contributed by atoms with Crippen molar-refractivity contribution in [3.05, 3.63) is 41.5 Å². The minimum Gasteiger partial charge on any atom is -0.394 e. The van der Waals surface area contributed by atoms with Crippen LogP contribution in [0.4, 0.5) is 19.0 Å². The third-order valence-electron chi connectivity index (χ3n) is 5.60. The largest absolute Gasteiger partial charge is 0.436 e. The lowest BCUT2D eigenvalue weighted by atomic mass is 10.0. The molecular formula is C23H30F3N7O2. The SMILES string of the molecule is C1CCCCC1.Cc1cc(N2CC(OCCO)C2)n2nc(C(F)(F)F)c(C#N)c2n1.c1cn[nH]c1. The second kappa shape index (κ2) is 12.5. The standard InChI is InChI=1S/C14H14F3N5O2.C6H12.C3H4N2/c1-8-4-11(21-6-9(7-21)24-3-2-23)22-13(19-8)10(5-18)12(20-22)14(15,16)17;1-2-4-6-5-3-1;1-2-4-5-3-1/h4,9,23H,2-3,6-7H2,1H3;1-6H2;1-3H,(H,4,5). The van der Waals surface area contributed by atoms with Gasteiger partial charge in [-0.2, -0.15) is 33.1 Å². The van der Waals surface area contributed by atoms with E-state index in [4.69, 9.17) is 15.1 Å². The second-order valence-corrected chi connectivity index (χ2v) is 8.33. The van der Waals surface area contributed by atoms with Crippen LogP contribution in [0.15, 0.2) is 24.5 Å². The third-order valence-corrected chi connectivity index (χ3v) is 5.60. The van der Waals surface area contributed by atoms with Crippen molar-refractivity contribution < 1.29 is 23.0 Å². The molecule has 3 aromatic heterocycles. The summed E-state index contributed by atoms with van der Waals surface area (Å²) in [6.07, 6.45) is 7.62. The van der Waals surface area contributed by atoms with Crippen molar-refractivity contribution in [2.45, 2.75) is 57.7 Å².